The molecule has 1 aromatic carbocycles. The number of nitriles is 1. The predicted octanol–water partition coefficient (Wildman–Crippen LogP) is 4.62. The number of anilines is 1. The number of piperidine rings is 1. The number of rotatable bonds is 4. The largest absolute Gasteiger partial charge is 0.342 e. The molecule has 1 aliphatic rings. The maximum atomic E-state index is 14.4. The molecule has 1 fully saturated rings. The maximum absolute atomic E-state index is 14.4. The van der Waals surface area contributed by atoms with E-state index in [-0.39, 0.29) is 17.4 Å². The van der Waals surface area contributed by atoms with E-state index in [2.05, 4.69) is 10.3 Å². The Bertz CT molecular complexity index is 1120. The van der Waals surface area contributed by atoms with Gasteiger partial charge in [0.1, 0.15) is 11.9 Å². The van der Waals surface area contributed by atoms with Gasteiger partial charge in [0.25, 0.3) is 5.91 Å². The van der Waals surface area contributed by atoms with Gasteiger partial charge in [0, 0.05) is 30.9 Å². The van der Waals surface area contributed by atoms with Crippen LogP contribution in [0.4, 0.5) is 10.1 Å². The number of aromatic nitrogens is 1. The fourth-order valence-electron chi connectivity index (χ4n) is 3.69. The summed E-state index contributed by atoms with van der Waals surface area (Å²) in [6.07, 6.45) is 4.83. The van der Waals surface area contributed by atoms with Crippen LogP contribution in [-0.2, 0) is 4.79 Å². The summed E-state index contributed by atoms with van der Waals surface area (Å²) in [5.74, 6) is -0.780. The Hall–Kier alpha value is -3.53. The number of likely N-dealkylation sites (tertiary alicyclic amines) is 1. The number of benzene rings is 1. The third kappa shape index (κ3) is 5.20. The van der Waals surface area contributed by atoms with Crippen molar-refractivity contribution in [3.8, 4) is 6.07 Å². The number of carbonyl (C=O) groups excluding carboxylic acids is 2. The Morgan fingerprint density at radius 3 is 2.53 bits per heavy atom. The molecule has 1 aliphatic heterocycles. The molecule has 0 radical (unpaired) electrons. The summed E-state index contributed by atoms with van der Waals surface area (Å²) in [7, 11) is 0. The zero-order chi connectivity index (χ0) is 23.4. The number of hydrogen-bond acceptors (Lipinski definition) is 4. The van der Waals surface area contributed by atoms with Crippen molar-refractivity contribution in [3.05, 3.63) is 63.7 Å². The average Bonchev–Trinajstić information content (AvgIpc) is 2.77. The number of amides is 2. The van der Waals surface area contributed by atoms with Crippen LogP contribution < -0.4 is 5.32 Å². The first-order chi connectivity index (χ1) is 15.2. The van der Waals surface area contributed by atoms with Gasteiger partial charge in [0.2, 0.25) is 5.91 Å². The Labute approximate surface area is 187 Å². The van der Waals surface area contributed by atoms with Crippen LogP contribution in [0.15, 0.2) is 30.0 Å². The number of carbonyl (C=O) groups is 2. The average molecular weight is 435 g/mol. The maximum Gasteiger partial charge on any atom is 0.257 e. The van der Waals surface area contributed by atoms with Crippen LogP contribution in [0.2, 0.25) is 0 Å². The second-order valence-corrected chi connectivity index (χ2v) is 8.37. The second-order valence-electron chi connectivity index (χ2n) is 8.37. The van der Waals surface area contributed by atoms with E-state index in [0.29, 0.717) is 35.6 Å². The molecule has 2 heterocycles. The molecule has 6 nitrogen and oxygen atoms in total. The van der Waals surface area contributed by atoms with E-state index in [1.165, 1.54) is 24.4 Å². The minimum atomic E-state index is -0.457. The summed E-state index contributed by atoms with van der Waals surface area (Å²) in [5, 5.41) is 11.9. The van der Waals surface area contributed by atoms with E-state index in [9.17, 15) is 14.0 Å². The van der Waals surface area contributed by atoms with E-state index in [0.717, 1.165) is 24.0 Å². The van der Waals surface area contributed by atoms with Crippen molar-refractivity contribution >= 4 is 23.6 Å². The molecule has 1 aromatic heterocycles. The first kappa shape index (κ1) is 23.1. The smallest absolute Gasteiger partial charge is 0.257 e. The Morgan fingerprint density at radius 2 is 1.91 bits per heavy atom. The molecular formula is C25H27FN4O2. The zero-order valence-corrected chi connectivity index (χ0v) is 18.8. The van der Waals surface area contributed by atoms with Gasteiger partial charge in [0.05, 0.1) is 16.8 Å². The fourth-order valence-corrected chi connectivity index (χ4v) is 3.69. The second kappa shape index (κ2) is 9.73. The van der Waals surface area contributed by atoms with Gasteiger partial charge >= 0.3 is 0 Å². The molecule has 0 unspecified atom stereocenters. The summed E-state index contributed by atoms with van der Waals surface area (Å²) < 4.78 is 14.4. The minimum absolute atomic E-state index is 0.0230. The molecule has 0 atom stereocenters. The first-order valence-corrected chi connectivity index (χ1v) is 10.7. The quantitative estimate of drug-likeness (QED) is 0.761. The van der Waals surface area contributed by atoms with E-state index >= 15 is 0 Å². The molecule has 1 N–H and O–H groups in total. The summed E-state index contributed by atoms with van der Waals surface area (Å²) in [6, 6.07) is 6.22. The highest BCUT2D eigenvalue weighted by Crippen LogP contribution is 2.27. The number of aryl methyl sites for hydroxylation is 1. The SMILES string of the molecule is Cc1ncc(C(=O)Nc2cc(F)cc(C=C3CCN(C(=O)C(C)C)CC3)c2C)cc1C#N. The van der Waals surface area contributed by atoms with Crippen LogP contribution in [0, 0.1) is 36.9 Å². The zero-order valence-electron chi connectivity index (χ0n) is 18.8. The molecule has 3 rings (SSSR count). The molecular weight excluding hydrogens is 407 g/mol. The van der Waals surface area contributed by atoms with Gasteiger partial charge in [0.15, 0.2) is 0 Å². The highest BCUT2D eigenvalue weighted by Gasteiger charge is 2.21. The number of nitrogens with zero attached hydrogens (tertiary/aromatic N) is 3. The highest BCUT2D eigenvalue weighted by molar-refractivity contribution is 6.04. The van der Waals surface area contributed by atoms with E-state index in [1.54, 1.807) is 6.92 Å². The van der Waals surface area contributed by atoms with Crippen molar-refractivity contribution in [3.63, 3.8) is 0 Å². The predicted molar refractivity (Wildman–Crippen MR) is 121 cm³/mol. The number of hydrogen-bond donors (Lipinski definition) is 1. The van der Waals surface area contributed by atoms with Crippen LogP contribution in [0.1, 0.15) is 59.4 Å². The molecule has 1 saturated heterocycles. The minimum Gasteiger partial charge on any atom is -0.342 e. The van der Waals surface area contributed by atoms with Crippen LogP contribution in [-0.4, -0.2) is 34.8 Å². The molecule has 7 heteroatoms. The third-order valence-electron chi connectivity index (χ3n) is 5.70. The summed E-state index contributed by atoms with van der Waals surface area (Å²) in [6.45, 7) is 8.62. The number of halogens is 1. The summed E-state index contributed by atoms with van der Waals surface area (Å²) >= 11 is 0. The molecule has 32 heavy (non-hydrogen) atoms. The lowest BCUT2D eigenvalue weighted by atomic mass is 9.97. The lowest BCUT2D eigenvalue weighted by molar-refractivity contribution is -0.134. The standard InChI is InChI=1S/C25H27FN4O2/c1-15(2)25(32)30-7-5-18(6-8-30)9-19-11-22(26)12-23(16(19)3)29-24(31)21-10-20(13-27)17(4)28-14-21/h9-12,14-15H,5-8H2,1-4H3,(H,29,31). The van der Waals surface area contributed by atoms with E-state index < -0.39 is 11.7 Å². The lowest BCUT2D eigenvalue weighted by Crippen LogP contribution is -2.38. The van der Waals surface area contributed by atoms with Crippen LogP contribution in [0.25, 0.3) is 6.08 Å². The van der Waals surface area contributed by atoms with E-state index in [4.69, 9.17) is 5.26 Å². The molecule has 2 amide bonds. The Balaban J connectivity index is 1.79. The van der Waals surface area contributed by atoms with Crippen molar-refractivity contribution < 1.29 is 14.0 Å². The van der Waals surface area contributed by atoms with Gasteiger partial charge in [-0.3, -0.25) is 14.6 Å². The fraction of sp³-hybridized carbons (Fsp3) is 0.360. The van der Waals surface area contributed by atoms with Gasteiger partial charge < -0.3 is 10.2 Å². The van der Waals surface area contributed by atoms with Crippen molar-refractivity contribution in [2.45, 2.75) is 40.5 Å². The van der Waals surface area contributed by atoms with Gasteiger partial charge in [-0.2, -0.15) is 5.26 Å². The monoisotopic (exact) mass is 434 g/mol. The number of pyridine rings is 1. The van der Waals surface area contributed by atoms with Crippen molar-refractivity contribution in [2.75, 3.05) is 18.4 Å². The molecule has 2 aromatic rings. The van der Waals surface area contributed by atoms with Crippen LogP contribution >= 0.6 is 0 Å². The molecule has 166 valence electrons. The van der Waals surface area contributed by atoms with Crippen molar-refractivity contribution in [1.82, 2.24) is 9.88 Å². The topological polar surface area (TPSA) is 86.1 Å². The van der Waals surface area contributed by atoms with Gasteiger partial charge in [-0.05, 0) is 56.0 Å². The van der Waals surface area contributed by atoms with Crippen LogP contribution in [0.5, 0.6) is 0 Å². The summed E-state index contributed by atoms with van der Waals surface area (Å²) in [5.41, 5.74) is 4.05. The first-order valence-electron chi connectivity index (χ1n) is 10.7. The van der Waals surface area contributed by atoms with Crippen molar-refractivity contribution in [1.29, 1.82) is 5.26 Å². The van der Waals surface area contributed by atoms with Gasteiger partial charge in [-0.25, -0.2) is 4.39 Å². The lowest BCUT2D eigenvalue weighted by Gasteiger charge is -2.30. The molecule has 0 bridgehead atoms. The molecule has 0 aliphatic carbocycles. The van der Waals surface area contributed by atoms with Gasteiger partial charge in [-0.15, -0.1) is 0 Å². The van der Waals surface area contributed by atoms with Crippen molar-refractivity contribution in [2.24, 2.45) is 5.92 Å². The van der Waals surface area contributed by atoms with Gasteiger partial charge in [-0.1, -0.05) is 25.5 Å². The Morgan fingerprint density at radius 1 is 1.22 bits per heavy atom. The molecule has 0 saturated carbocycles. The molecule has 0 spiro atoms. The highest BCUT2D eigenvalue weighted by atomic mass is 19.1. The third-order valence-corrected chi connectivity index (χ3v) is 5.70. The van der Waals surface area contributed by atoms with E-state index in [1.807, 2.05) is 37.8 Å². The Kier molecular flexibility index (Phi) is 7.04. The number of nitrogens with one attached hydrogen (secondary N) is 1. The summed E-state index contributed by atoms with van der Waals surface area (Å²) in [4.78, 5) is 30.8. The van der Waals surface area contributed by atoms with Crippen LogP contribution in [0.3, 0.4) is 0 Å². The normalized spacial score (nSPS) is 13.7.